The monoisotopic (exact) mass is 612 g/mol. The van der Waals surface area contributed by atoms with E-state index in [1.165, 1.54) is 43.0 Å². The van der Waals surface area contributed by atoms with Gasteiger partial charge in [-0.05, 0) is 78.4 Å². The predicted molar refractivity (Wildman–Crippen MR) is 152 cm³/mol. The highest BCUT2D eigenvalue weighted by Crippen LogP contribution is 2.50. The van der Waals surface area contributed by atoms with E-state index in [1.807, 2.05) is 0 Å². The van der Waals surface area contributed by atoms with Gasteiger partial charge in [0.25, 0.3) is 5.92 Å². The van der Waals surface area contributed by atoms with Crippen molar-refractivity contribution in [3.8, 4) is 0 Å². The molecule has 1 fully saturated rings. The number of aryl methyl sites for hydroxylation is 2. The van der Waals surface area contributed by atoms with E-state index < -0.39 is 34.9 Å². The van der Waals surface area contributed by atoms with Crippen LogP contribution in [0.25, 0.3) is 10.9 Å². The van der Waals surface area contributed by atoms with Gasteiger partial charge in [-0.3, -0.25) is 9.97 Å². The highest BCUT2D eigenvalue weighted by Gasteiger charge is 2.50. The van der Waals surface area contributed by atoms with Crippen LogP contribution in [0.4, 0.5) is 22.0 Å². The van der Waals surface area contributed by atoms with Crippen LogP contribution in [-0.2, 0) is 31.2 Å². The normalized spacial score (nSPS) is 15.6. The van der Waals surface area contributed by atoms with Crippen LogP contribution in [0.3, 0.4) is 0 Å². The standard InChI is InChI=1S/C32H26ClF5N4O/c1-18-24(13-19-3-5-21(6-4-19)32(36,37)38)29(33)25-14-22(9-10-26(25)41-18)30(43,28-16-39-17-42(28)2)23-11-12-40-27(15-23)31(34,35)20-7-8-20/h3-6,9-12,14-17,20,43H,7-8,13H2,1-2H3. The fourth-order valence-electron chi connectivity index (χ4n) is 5.49. The maximum Gasteiger partial charge on any atom is 0.416 e. The molecule has 1 aliphatic rings. The molecule has 3 heterocycles. The van der Waals surface area contributed by atoms with Gasteiger partial charge in [-0.25, -0.2) is 4.98 Å². The SMILES string of the molecule is Cc1nc2ccc(C(O)(c3ccnc(C(F)(F)C4CC4)c3)c3cncn3C)cc2c(Cl)c1Cc1ccc(C(F)(F)F)cc1. The van der Waals surface area contributed by atoms with Crippen LogP contribution in [-0.4, -0.2) is 24.6 Å². The Morgan fingerprint density at radius 3 is 2.26 bits per heavy atom. The Morgan fingerprint density at radius 1 is 0.953 bits per heavy atom. The number of fused-ring (bicyclic) bond motifs is 1. The lowest BCUT2D eigenvalue weighted by molar-refractivity contribution is -0.137. The van der Waals surface area contributed by atoms with Gasteiger partial charge in [0.15, 0.2) is 5.60 Å². The average Bonchev–Trinajstić information content (AvgIpc) is 3.76. The molecule has 2 aromatic carbocycles. The van der Waals surface area contributed by atoms with Crippen molar-refractivity contribution in [2.75, 3.05) is 0 Å². The van der Waals surface area contributed by atoms with E-state index in [4.69, 9.17) is 11.6 Å². The second-order valence-corrected chi connectivity index (χ2v) is 11.4. The Kier molecular flexibility index (Phi) is 7.05. The lowest BCUT2D eigenvalue weighted by Crippen LogP contribution is -2.32. The molecule has 11 heteroatoms. The highest BCUT2D eigenvalue weighted by molar-refractivity contribution is 6.36. The third kappa shape index (κ3) is 5.16. The number of benzene rings is 2. The lowest BCUT2D eigenvalue weighted by atomic mass is 9.82. The van der Waals surface area contributed by atoms with Crippen LogP contribution in [0.5, 0.6) is 0 Å². The first-order valence-electron chi connectivity index (χ1n) is 13.6. The zero-order valence-corrected chi connectivity index (χ0v) is 23.9. The third-order valence-corrected chi connectivity index (χ3v) is 8.53. The van der Waals surface area contributed by atoms with Crippen LogP contribution in [0.2, 0.25) is 5.02 Å². The number of imidazole rings is 1. The minimum atomic E-state index is -4.44. The van der Waals surface area contributed by atoms with Gasteiger partial charge in [-0.15, -0.1) is 0 Å². The molecular weight excluding hydrogens is 587 g/mol. The number of halogens is 6. The van der Waals surface area contributed by atoms with Crippen molar-refractivity contribution in [1.29, 1.82) is 0 Å². The summed E-state index contributed by atoms with van der Waals surface area (Å²) >= 11 is 6.92. The zero-order chi connectivity index (χ0) is 30.7. The molecule has 1 atom stereocenters. The van der Waals surface area contributed by atoms with Gasteiger partial charge in [-0.2, -0.15) is 22.0 Å². The Balaban J connectivity index is 1.47. The number of aliphatic hydroxyl groups is 1. The van der Waals surface area contributed by atoms with E-state index in [2.05, 4.69) is 15.0 Å². The highest BCUT2D eigenvalue weighted by atomic mass is 35.5. The first-order valence-corrected chi connectivity index (χ1v) is 14.0. The van der Waals surface area contributed by atoms with Crippen molar-refractivity contribution in [3.63, 3.8) is 0 Å². The van der Waals surface area contributed by atoms with Crippen LogP contribution in [0, 0.1) is 12.8 Å². The molecule has 0 aliphatic heterocycles. The topological polar surface area (TPSA) is 63.8 Å². The van der Waals surface area contributed by atoms with E-state index in [0.717, 1.165) is 12.1 Å². The maximum absolute atomic E-state index is 15.1. The van der Waals surface area contributed by atoms with Crippen LogP contribution in [0.1, 0.15) is 57.7 Å². The molecule has 0 bridgehead atoms. The molecule has 222 valence electrons. The van der Waals surface area contributed by atoms with E-state index in [9.17, 15) is 18.3 Å². The number of hydrogen-bond acceptors (Lipinski definition) is 4. The smallest absolute Gasteiger partial charge is 0.374 e. The van der Waals surface area contributed by atoms with E-state index >= 15 is 8.78 Å². The van der Waals surface area contributed by atoms with Gasteiger partial charge < -0.3 is 9.67 Å². The summed E-state index contributed by atoms with van der Waals surface area (Å²) in [5, 5.41) is 13.3. The van der Waals surface area contributed by atoms with Crippen molar-refractivity contribution in [1.82, 2.24) is 19.5 Å². The summed E-state index contributed by atoms with van der Waals surface area (Å²) in [6.07, 6.45) is 0.845. The van der Waals surface area contributed by atoms with Gasteiger partial charge in [0.1, 0.15) is 5.69 Å². The summed E-state index contributed by atoms with van der Waals surface area (Å²) in [4.78, 5) is 12.8. The maximum atomic E-state index is 15.1. The molecule has 0 radical (unpaired) electrons. The number of alkyl halides is 5. The second-order valence-electron chi connectivity index (χ2n) is 11.0. The van der Waals surface area contributed by atoms with E-state index in [-0.39, 0.29) is 12.0 Å². The zero-order valence-electron chi connectivity index (χ0n) is 23.1. The molecule has 1 aliphatic carbocycles. The summed E-state index contributed by atoms with van der Waals surface area (Å²) in [7, 11) is 1.69. The summed E-state index contributed by atoms with van der Waals surface area (Å²) in [6, 6.07) is 12.6. The number of pyridine rings is 2. The molecule has 5 nitrogen and oxygen atoms in total. The predicted octanol–water partition coefficient (Wildman–Crippen LogP) is 7.72. The number of rotatable bonds is 7. The Hall–Kier alpha value is -3.89. The minimum absolute atomic E-state index is 0.182. The fraction of sp³-hybridized carbons (Fsp3) is 0.281. The van der Waals surface area contributed by atoms with Crippen molar-refractivity contribution in [2.45, 2.75) is 43.9 Å². The van der Waals surface area contributed by atoms with Gasteiger partial charge in [0.05, 0.1) is 34.3 Å². The summed E-state index contributed by atoms with van der Waals surface area (Å²) < 4.78 is 71.0. The molecule has 43 heavy (non-hydrogen) atoms. The van der Waals surface area contributed by atoms with Crippen LogP contribution >= 0.6 is 11.6 Å². The first kappa shape index (κ1) is 29.2. The first-order chi connectivity index (χ1) is 20.3. The van der Waals surface area contributed by atoms with Crippen molar-refractivity contribution >= 4 is 22.5 Å². The van der Waals surface area contributed by atoms with Crippen molar-refractivity contribution in [3.05, 3.63) is 123 Å². The molecule has 1 saturated carbocycles. The van der Waals surface area contributed by atoms with Gasteiger partial charge >= 0.3 is 6.18 Å². The Labute approximate surface area is 249 Å². The molecule has 5 aromatic rings. The lowest BCUT2D eigenvalue weighted by Gasteiger charge is -2.31. The molecule has 6 rings (SSSR count). The number of aromatic nitrogens is 4. The molecular formula is C32H26ClF5N4O. The Morgan fingerprint density at radius 2 is 1.63 bits per heavy atom. The van der Waals surface area contributed by atoms with Crippen LogP contribution in [0.15, 0.2) is 73.3 Å². The molecule has 1 N–H and O–H groups in total. The summed E-state index contributed by atoms with van der Waals surface area (Å²) in [5.74, 6) is -3.91. The summed E-state index contributed by atoms with van der Waals surface area (Å²) in [6.45, 7) is 1.77. The molecule has 3 aromatic heterocycles. The number of nitrogens with zero attached hydrogens (tertiary/aromatic N) is 4. The van der Waals surface area contributed by atoms with Gasteiger partial charge in [0.2, 0.25) is 0 Å². The Bertz CT molecular complexity index is 1830. The fourth-order valence-corrected chi connectivity index (χ4v) is 5.84. The largest absolute Gasteiger partial charge is 0.416 e. The molecule has 1 unspecified atom stereocenters. The third-order valence-electron chi connectivity index (χ3n) is 8.10. The number of hydrogen-bond donors (Lipinski definition) is 1. The molecule has 0 spiro atoms. The van der Waals surface area contributed by atoms with E-state index in [1.54, 1.807) is 36.7 Å². The molecule has 0 saturated heterocycles. The van der Waals surface area contributed by atoms with Crippen LogP contribution < -0.4 is 0 Å². The van der Waals surface area contributed by atoms with Crippen molar-refractivity contribution < 1.29 is 27.1 Å². The van der Waals surface area contributed by atoms with E-state index in [0.29, 0.717) is 56.8 Å². The molecule has 0 amide bonds. The quantitative estimate of drug-likeness (QED) is 0.191. The average molecular weight is 613 g/mol. The van der Waals surface area contributed by atoms with Crippen molar-refractivity contribution in [2.24, 2.45) is 13.0 Å². The van der Waals surface area contributed by atoms with Gasteiger partial charge in [-0.1, -0.05) is 29.8 Å². The minimum Gasteiger partial charge on any atom is -0.374 e. The second kappa shape index (κ2) is 10.4. The summed E-state index contributed by atoms with van der Waals surface area (Å²) in [5.41, 5.74) is 0.141. The van der Waals surface area contributed by atoms with Gasteiger partial charge in [0, 0.05) is 36.7 Å².